The number of carbonyl (C=O) groups is 1. The number of amides is 1. The van der Waals surface area contributed by atoms with Crippen LogP contribution in [0.15, 0.2) is 12.1 Å². The van der Waals surface area contributed by atoms with Gasteiger partial charge in [-0.1, -0.05) is 0 Å². The average Bonchev–Trinajstić information content (AvgIpc) is 2.18. The largest absolute Gasteiger partial charge is 0.366 e. The summed E-state index contributed by atoms with van der Waals surface area (Å²) in [6.07, 6.45) is 0. The molecule has 0 unspecified atom stereocenters. The summed E-state index contributed by atoms with van der Waals surface area (Å²) in [5.74, 6) is 0.485. The van der Waals surface area contributed by atoms with Crippen LogP contribution in [0.4, 0.5) is 5.82 Å². The van der Waals surface area contributed by atoms with E-state index in [0.29, 0.717) is 24.1 Å². The molecule has 15 heavy (non-hydrogen) atoms. The molecule has 0 radical (unpaired) electrons. The minimum atomic E-state index is -0.193. The molecule has 5 nitrogen and oxygen atoms in total. The summed E-state index contributed by atoms with van der Waals surface area (Å²) >= 11 is 0. The molecule has 0 fully saturated rings. The molecular weight excluding hydrogens is 192 g/mol. The zero-order valence-electron chi connectivity index (χ0n) is 9.24. The van der Waals surface area contributed by atoms with Crippen LogP contribution in [0.3, 0.4) is 0 Å². The summed E-state index contributed by atoms with van der Waals surface area (Å²) in [6.45, 7) is 6.48. The molecule has 5 heteroatoms. The first-order valence-electron chi connectivity index (χ1n) is 5.02. The van der Waals surface area contributed by atoms with Crippen molar-refractivity contribution in [2.24, 2.45) is 0 Å². The monoisotopic (exact) mass is 208 g/mol. The Morgan fingerprint density at radius 2 is 2.13 bits per heavy atom. The first kappa shape index (κ1) is 11.4. The van der Waals surface area contributed by atoms with E-state index in [1.807, 2.05) is 20.8 Å². The summed E-state index contributed by atoms with van der Waals surface area (Å²) in [4.78, 5) is 11.3. The second-order valence-corrected chi connectivity index (χ2v) is 3.46. The third kappa shape index (κ3) is 3.53. The van der Waals surface area contributed by atoms with E-state index in [9.17, 15) is 4.79 Å². The van der Waals surface area contributed by atoms with E-state index in [4.69, 9.17) is 0 Å². The molecule has 0 bridgehead atoms. The first-order valence-corrected chi connectivity index (χ1v) is 5.02. The average molecular weight is 208 g/mol. The molecule has 0 aromatic carbocycles. The maximum absolute atomic E-state index is 11.3. The summed E-state index contributed by atoms with van der Waals surface area (Å²) in [5.41, 5.74) is 0.339. The predicted octanol–water partition coefficient (Wildman–Crippen LogP) is 1.05. The summed E-state index contributed by atoms with van der Waals surface area (Å²) in [7, 11) is 0. The second-order valence-electron chi connectivity index (χ2n) is 3.46. The van der Waals surface area contributed by atoms with E-state index in [1.54, 1.807) is 12.1 Å². The Bertz CT molecular complexity index is 321. The van der Waals surface area contributed by atoms with E-state index < -0.39 is 0 Å². The third-order valence-corrected chi connectivity index (χ3v) is 1.67. The minimum Gasteiger partial charge on any atom is -0.366 e. The maximum Gasteiger partial charge on any atom is 0.271 e. The van der Waals surface area contributed by atoms with Gasteiger partial charge in [0.15, 0.2) is 5.69 Å². The molecule has 0 spiro atoms. The van der Waals surface area contributed by atoms with Crippen molar-refractivity contribution in [3.05, 3.63) is 17.8 Å². The molecule has 2 N–H and O–H groups in total. The summed E-state index contributed by atoms with van der Waals surface area (Å²) in [6, 6.07) is 3.70. The lowest BCUT2D eigenvalue weighted by atomic mass is 10.3. The highest BCUT2D eigenvalue weighted by molar-refractivity contribution is 5.92. The number of hydrogen-bond acceptors (Lipinski definition) is 4. The number of hydrogen-bond donors (Lipinski definition) is 2. The Kier molecular flexibility index (Phi) is 4.03. The fourth-order valence-corrected chi connectivity index (χ4v) is 1.08. The number of anilines is 1. The van der Waals surface area contributed by atoms with Gasteiger partial charge < -0.3 is 10.6 Å². The van der Waals surface area contributed by atoms with Crippen molar-refractivity contribution in [3.63, 3.8) is 0 Å². The predicted molar refractivity (Wildman–Crippen MR) is 58.8 cm³/mol. The van der Waals surface area contributed by atoms with E-state index in [0.717, 1.165) is 0 Å². The van der Waals surface area contributed by atoms with E-state index >= 15 is 0 Å². The molecule has 1 aromatic rings. The normalized spacial score (nSPS) is 10.1. The van der Waals surface area contributed by atoms with Crippen LogP contribution >= 0.6 is 0 Å². The Balaban J connectivity index is 2.67. The van der Waals surface area contributed by atoms with E-state index in [2.05, 4.69) is 20.8 Å². The van der Waals surface area contributed by atoms with E-state index in [-0.39, 0.29) is 5.91 Å². The molecule has 0 saturated carbocycles. The van der Waals surface area contributed by atoms with Gasteiger partial charge in [0.1, 0.15) is 5.82 Å². The Labute approximate surface area is 89.3 Å². The van der Waals surface area contributed by atoms with Crippen LogP contribution < -0.4 is 10.6 Å². The van der Waals surface area contributed by atoms with Gasteiger partial charge in [0, 0.05) is 12.6 Å². The fraction of sp³-hybridized carbons (Fsp3) is 0.500. The zero-order valence-corrected chi connectivity index (χ0v) is 9.24. The van der Waals surface area contributed by atoms with Gasteiger partial charge in [0.2, 0.25) is 0 Å². The van der Waals surface area contributed by atoms with Crippen LogP contribution in [-0.4, -0.2) is 28.7 Å². The third-order valence-electron chi connectivity index (χ3n) is 1.67. The lowest BCUT2D eigenvalue weighted by Gasteiger charge is -2.08. The van der Waals surface area contributed by atoms with Crippen molar-refractivity contribution >= 4 is 11.7 Å². The Hall–Kier alpha value is -1.65. The van der Waals surface area contributed by atoms with Crippen LogP contribution in [0.1, 0.15) is 31.3 Å². The van der Waals surface area contributed by atoms with E-state index in [1.165, 1.54) is 0 Å². The van der Waals surface area contributed by atoms with Gasteiger partial charge in [0.25, 0.3) is 5.91 Å². The van der Waals surface area contributed by atoms with Crippen LogP contribution in [0, 0.1) is 0 Å². The van der Waals surface area contributed by atoms with Crippen molar-refractivity contribution in [3.8, 4) is 0 Å². The Morgan fingerprint density at radius 3 is 2.60 bits per heavy atom. The topological polar surface area (TPSA) is 66.9 Å². The molecule has 1 heterocycles. The van der Waals surface area contributed by atoms with Crippen LogP contribution in [0.25, 0.3) is 0 Å². The fourth-order valence-electron chi connectivity index (χ4n) is 1.08. The highest BCUT2D eigenvalue weighted by Crippen LogP contribution is 2.03. The van der Waals surface area contributed by atoms with Crippen LogP contribution in [-0.2, 0) is 0 Å². The molecule has 0 aliphatic carbocycles. The molecule has 0 aliphatic heterocycles. The maximum atomic E-state index is 11.3. The molecule has 1 aromatic heterocycles. The Morgan fingerprint density at radius 1 is 1.40 bits per heavy atom. The highest BCUT2D eigenvalue weighted by Gasteiger charge is 2.06. The van der Waals surface area contributed by atoms with Gasteiger partial charge in [-0.05, 0) is 32.9 Å². The van der Waals surface area contributed by atoms with Crippen molar-refractivity contribution in [2.75, 3.05) is 11.9 Å². The van der Waals surface area contributed by atoms with Gasteiger partial charge in [-0.3, -0.25) is 4.79 Å². The van der Waals surface area contributed by atoms with Crippen molar-refractivity contribution in [2.45, 2.75) is 26.8 Å². The van der Waals surface area contributed by atoms with Crippen molar-refractivity contribution < 1.29 is 4.79 Å². The molecule has 1 amide bonds. The molecule has 0 saturated heterocycles. The molecule has 0 atom stereocenters. The second kappa shape index (κ2) is 5.29. The van der Waals surface area contributed by atoms with Gasteiger partial charge >= 0.3 is 0 Å². The summed E-state index contributed by atoms with van der Waals surface area (Å²) in [5, 5.41) is 13.5. The highest BCUT2D eigenvalue weighted by atomic mass is 16.1. The van der Waals surface area contributed by atoms with Crippen LogP contribution in [0.2, 0.25) is 0 Å². The lowest BCUT2D eigenvalue weighted by molar-refractivity contribution is 0.0950. The standard InChI is InChI=1S/C10H16N4O/c1-4-11-10(15)8-5-6-9(14-13-8)12-7(2)3/h5-7H,4H2,1-3H3,(H,11,15)(H,12,14). The summed E-state index contributed by atoms with van der Waals surface area (Å²) < 4.78 is 0. The van der Waals surface area contributed by atoms with Gasteiger partial charge in [0.05, 0.1) is 0 Å². The lowest BCUT2D eigenvalue weighted by Crippen LogP contribution is -2.24. The molecule has 0 aliphatic rings. The number of nitrogens with one attached hydrogen (secondary N) is 2. The SMILES string of the molecule is CCNC(=O)c1ccc(NC(C)C)nn1. The minimum absolute atomic E-state index is 0.193. The van der Waals surface area contributed by atoms with Gasteiger partial charge in [-0.2, -0.15) is 0 Å². The zero-order chi connectivity index (χ0) is 11.3. The first-order chi connectivity index (χ1) is 7.13. The van der Waals surface area contributed by atoms with Crippen LogP contribution in [0.5, 0.6) is 0 Å². The number of nitrogens with zero attached hydrogens (tertiary/aromatic N) is 2. The smallest absolute Gasteiger partial charge is 0.271 e. The van der Waals surface area contributed by atoms with Gasteiger partial charge in [-0.15, -0.1) is 10.2 Å². The number of rotatable bonds is 4. The molecule has 1 rings (SSSR count). The van der Waals surface area contributed by atoms with Crippen molar-refractivity contribution in [1.29, 1.82) is 0 Å². The van der Waals surface area contributed by atoms with Crippen molar-refractivity contribution in [1.82, 2.24) is 15.5 Å². The quantitative estimate of drug-likeness (QED) is 0.776. The molecular formula is C10H16N4O. The number of carbonyl (C=O) groups excluding carboxylic acids is 1. The van der Waals surface area contributed by atoms with Gasteiger partial charge in [-0.25, -0.2) is 0 Å². The number of aromatic nitrogens is 2. The molecule has 82 valence electrons.